The number of ketones is 1. The van der Waals surface area contributed by atoms with Crippen molar-refractivity contribution in [1.29, 1.82) is 0 Å². The highest BCUT2D eigenvalue weighted by Crippen LogP contribution is 2.19. The van der Waals surface area contributed by atoms with Gasteiger partial charge in [0.1, 0.15) is 30.3 Å². The van der Waals surface area contributed by atoms with E-state index in [0.717, 1.165) is 27.0 Å². The lowest BCUT2D eigenvalue weighted by molar-refractivity contribution is -0.688. The van der Waals surface area contributed by atoms with Crippen molar-refractivity contribution in [3.8, 4) is 0 Å². The van der Waals surface area contributed by atoms with Gasteiger partial charge in [0.25, 0.3) is 5.82 Å². The summed E-state index contributed by atoms with van der Waals surface area (Å²) in [5.41, 5.74) is 1.61. The number of nitrogens with zero attached hydrogens (tertiary/aromatic N) is 2. The number of carbonyl (C=O) groups excluding carboxylic acids is 1. The molecule has 0 aliphatic carbocycles. The Hall–Kier alpha value is -2.18. The molecule has 0 saturated carbocycles. The van der Waals surface area contributed by atoms with Gasteiger partial charge in [0.05, 0.1) is 0 Å². The Kier molecular flexibility index (Phi) is 5.97. The van der Waals surface area contributed by atoms with Crippen LogP contribution in [-0.2, 0) is 13.1 Å². The van der Waals surface area contributed by atoms with Crippen LogP contribution in [0.15, 0.2) is 75.9 Å². The molecule has 0 atom stereocenters. The number of benzene rings is 2. The predicted octanol–water partition coefficient (Wildman–Crippen LogP) is 1.53. The van der Waals surface area contributed by atoms with Crippen molar-refractivity contribution in [2.75, 3.05) is 0 Å². The van der Waals surface area contributed by atoms with E-state index in [2.05, 4.69) is 26.6 Å². The molecule has 0 unspecified atom stereocenters. The average Bonchev–Trinajstić information content (AvgIpc) is 3.20. The van der Waals surface area contributed by atoms with Crippen molar-refractivity contribution in [1.82, 2.24) is 4.57 Å². The smallest absolute Gasteiger partial charge is 0.254 e. The number of imidazole rings is 1. The van der Waals surface area contributed by atoms with Gasteiger partial charge in [-0.25, -0.2) is 9.13 Å². The summed E-state index contributed by atoms with van der Waals surface area (Å²) < 4.78 is 10.9. The van der Waals surface area contributed by atoms with Crippen LogP contribution in [0.4, 0.5) is 0 Å². The summed E-state index contributed by atoms with van der Waals surface area (Å²) >= 11 is 3.39. The number of rotatable bonds is 5. The molecule has 0 saturated heterocycles. The van der Waals surface area contributed by atoms with Crippen LogP contribution in [0.2, 0.25) is 0 Å². The lowest BCUT2D eigenvalue weighted by Gasteiger charge is -2.01. The molecule has 6 heteroatoms. The Balaban J connectivity index is 0.00000210. The SMILES string of the molecule is Cc1n(Cc2cc3ccccc3o2)cc[n+]1CC(=O)c1ccc(Br)cc1.[Br-]. The monoisotopic (exact) mass is 488 g/mol. The van der Waals surface area contributed by atoms with Gasteiger partial charge >= 0.3 is 0 Å². The molecule has 4 nitrogen and oxygen atoms in total. The second-order valence-corrected chi connectivity index (χ2v) is 7.20. The van der Waals surface area contributed by atoms with Gasteiger partial charge in [-0.05, 0) is 24.3 Å². The van der Waals surface area contributed by atoms with Crippen LogP contribution < -0.4 is 21.5 Å². The molecule has 0 aliphatic rings. The highest BCUT2D eigenvalue weighted by atomic mass is 79.9. The van der Waals surface area contributed by atoms with E-state index < -0.39 is 0 Å². The molecule has 0 amide bonds. The van der Waals surface area contributed by atoms with Gasteiger partial charge in [0.15, 0.2) is 6.54 Å². The van der Waals surface area contributed by atoms with Crippen LogP contribution in [0.1, 0.15) is 21.9 Å². The molecule has 4 aromatic rings. The summed E-state index contributed by atoms with van der Waals surface area (Å²) in [7, 11) is 0. The molecule has 2 aromatic heterocycles. The van der Waals surface area contributed by atoms with Gasteiger partial charge in [0.2, 0.25) is 5.78 Å². The van der Waals surface area contributed by atoms with Crippen LogP contribution >= 0.6 is 15.9 Å². The van der Waals surface area contributed by atoms with Crippen molar-refractivity contribution in [2.24, 2.45) is 0 Å². The number of carbonyl (C=O) groups is 1. The van der Waals surface area contributed by atoms with Crippen LogP contribution in [-0.4, -0.2) is 10.4 Å². The van der Waals surface area contributed by atoms with Crippen molar-refractivity contribution < 1.29 is 30.8 Å². The second kappa shape index (κ2) is 8.23. The Morgan fingerprint density at radius 2 is 1.89 bits per heavy atom. The average molecular weight is 490 g/mol. The molecule has 2 aromatic carbocycles. The van der Waals surface area contributed by atoms with Crippen LogP contribution in [0.5, 0.6) is 0 Å². The molecule has 27 heavy (non-hydrogen) atoms. The standard InChI is InChI=1S/C21H18BrN2O2.BrH/c1-15-23(13-19-12-17-4-2-3-5-21(17)26-19)10-11-24(15)14-20(25)16-6-8-18(22)9-7-16;/h2-12H,13-14H2,1H3;1H/q+1;/p-1. The van der Waals surface area contributed by atoms with E-state index in [1.165, 1.54) is 0 Å². The zero-order valence-electron chi connectivity index (χ0n) is 14.7. The van der Waals surface area contributed by atoms with Gasteiger partial charge in [-0.1, -0.05) is 46.3 Å². The predicted molar refractivity (Wildman–Crippen MR) is 103 cm³/mol. The maximum Gasteiger partial charge on any atom is 0.254 e. The fraction of sp³-hybridized carbons (Fsp3) is 0.143. The maximum atomic E-state index is 12.5. The van der Waals surface area contributed by atoms with Gasteiger partial charge in [-0.2, -0.15) is 0 Å². The fourth-order valence-corrected chi connectivity index (χ4v) is 3.30. The van der Waals surface area contributed by atoms with E-state index in [1.807, 2.05) is 72.4 Å². The molecular weight excluding hydrogens is 472 g/mol. The Bertz CT molecular complexity index is 1050. The summed E-state index contributed by atoms with van der Waals surface area (Å²) in [6.07, 6.45) is 3.92. The van der Waals surface area contributed by atoms with E-state index in [1.54, 1.807) is 0 Å². The molecular formula is C21H18Br2N2O2. The minimum Gasteiger partial charge on any atom is -1.00 e. The third-order valence-electron chi connectivity index (χ3n) is 4.54. The van der Waals surface area contributed by atoms with Crippen molar-refractivity contribution in [2.45, 2.75) is 20.0 Å². The summed E-state index contributed by atoms with van der Waals surface area (Å²) in [5, 5.41) is 1.10. The largest absolute Gasteiger partial charge is 1.00 e. The van der Waals surface area contributed by atoms with Gasteiger partial charge < -0.3 is 21.4 Å². The van der Waals surface area contributed by atoms with Gasteiger partial charge in [-0.3, -0.25) is 4.79 Å². The zero-order chi connectivity index (χ0) is 18.1. The number of aromatic nitrogens is 2. The van der Waals surface area contributed by atoms with Gasteiger partial charge in [-0.15, -0.1) is 0 Å². The molecule has 0 fully saturated rings. The lowest BCUT2D eigenvalue weighted by atomic mass is 10.1. The quantitative estimate of drug-likeness (QED) is 0.315. The molecule has 0 radical (unpaired) electrons. The van der Waals surface area contributed by atoms with Crippen LogP contribution in [0.25, 0.3) is 11.0 Å². The van der Waals surface area contributed by atoms with E-state index in [4.69, 9.17) is 4.42 Å². The summed E-state index contributed by atoms with van der Waals surface area (Å²) in [5.74, 6) is 2.00. The molecule has 0 bridgehead atoms. The number of furan rings is 1. The number of hydrogen-bond donors (Lipinski definition) is 0. The zero-order valence-corrected chi connectivity index (χ0v) is 17.9. The third kappa shape index (κ3) is 4.22. The number of halogens is 2. The summed E-state index contributed by atoms with van der Waals surface area (Å²) in [6, 6.07) is 17.5. The van der Waals surface area contributed by atoms with Crippen molar-refractivity contribution >= 4 is 32.7 Å². The highest BCUT2D eigenvalue weighted by molar-refractivity contribution is 9.10. The van der Waals surface area contributed by atoms with Crippen LogP contribution in [0, 0.1) is 6.92 Å². The first-order valence-electron chi connectivity index (χ1n) is 8.41. The minimum atomic E-state index is 0. The van der Waals surface area contributed by atoms with Gasteiger partial charge in [0, 0.05) is 22.3 Å². The lowest BCUT2D eigenvalue weighted by Crippen LogP contribution is -3.00. The molecule has 0 N–H and O–H groups in total. The van der Waals surface area contributed by atoms with E-state index in [0.29, 0.717) is 18.7 Å². The first-order chi connectivity index (χ1) is 12.6. The number of Topliss-reactive ketones (excluding diaryl/α,β-unsaturated/α-hetero) is 1. The molecule has 2 heterocycles. The summed E-state index contributed by atoms with van der Waals surface area (Å²) in [4.78, 5) is 12.5. The summed E-state index contributed by atoms with van der Waals surface area (Å²) in [6.45, 7) is 2.97. The first-order valence-corrected chi connectivity index (χ1v) is 9.21. The first kappa shape index (κ1) is 19.6. The molecule has 0 spiro atoms. The second-order valence-electron chi connectivity index (χ2n) is 6.28. The minimum absolute atomic E-state index is 0. The maximum absolute atomic E-state index is 12.5. The van der Waals surface area contributed by atoms with Crippen molar-refractivity contribution in [3.05, 3.63) is 88.6 Å². The van der Waals surface area contributed by atoms with Crippen LogP contribution in [0.3, 0.4) is 0 Å². The van der Waals surface area contributed by atoms with E-state index >= 15 is 0 Å². The molecule has 138 valence electrons. The normalized spacial score (nSPS) is 10.7. The third-order valence-corrected chi connectivity index (χ3v) is 5.07. The number of fused-ring (bicyclic) bond motifs is 1. The molecule has 4 rings (SSSR count). The number of hydrogen-bond acceptors (Lipinski definition) is 2. The Morgan fingerprint density at radius 1 is 1.15 bits per heavy atom. The van der Waals surface area contributed by atoms with Crippen molar-refractivity contribution in [3.63, 3.8) is 0 Å². The molecule has 0 aliphatic heterocycles. The Labute approximate surface area is 176 Å². The highest BCUT2D eigenvalue weighted by Gasteiger charge is 2.18. The van der Waals surface area contributed by atoms with E-state index in [-0.39, 0.29) is 22.8 Å². The topological polar surface area (TPSA) is 39.0 Å². The number of para-hydroxylation sites is 1. The Morgan fingerprint density at radius 3 is 2.63 bits per heavy atom. The van der Waals surface area contributed by atoms with E-state index in [9.17, 15) is 4.79 Å². The fourth-order valence-electron chi connectivity index (χ4n) is 3.04.